The lowest BCUT2D eigenvalue weighted by Crippen LogP contribution is -2.18. The number of hydrogen-bond acceptors (Lipinski definition) is 1. The van der Waals surface area contributed by atoms with Crippen molar-refractivity contribution in [3.63, 3.8) is 0 Å². The lowest BCUT2D eigenvalue weighted by molar-refractivity contribution is 0.0701. The molecule has 1 aliphatic rings. The van der Waals surface area contributed by atoms with Crippen molar-refractivity contribution >= 4 is 0 Å². The minimum atomic E-state index is -2.15. The molecule has 0 bridgehead atoms. The molecule has 0 aliphatic heterocycles. The molecule has 1 aromatic rings. The first-order chi connectivity index (χ1) is 7.44. The van der Waals surface area contributed by atoms with Crippen LogP contribution in [0.2, 0.25) is 0 Å². The molecule has 2 rings (SSSR count). The number of methoxy groups -OCH3 is 1. The smallest absolute Gasteiger partial charge is 0.200 e. The lowest BCUT2D eigenvalue weighted by Gasteiger charge is -2.16. The highest BCUT2D eigenvalue weighted by atomic mass is 19.2. The zero-order valence-electron chi connectivity index (χ0n) is 8.21. The van der Waals surface area contributed by atoms with E-state index in [-0.39, 0.29) is 12.8 Å². The van der Waals surface area contributed by atoms with E-state index in [4.69, 9.17) is 4.74 Å². The van der Waals surface area contributed by atoms with E-state index in [1.165, 1.54) is 7.11 Å². The number of rotatable bonds is 2. The summed E-state index contributed by atoms with van der Waals surface area (Å²) in [6, 6.07) is 0. The van der Waals surface area contributed by atoms with E-state index in [1.807, 2.05) is 0 Å². The average molecular weight is 238 g/mol. The molecular weight excluding hydrogens is 231 g/mol. The van der Waals surface area contributed by atoms with Gasteiger partial charge < -0.3 is 4.74 Å². The second kappa shape index (κ2) is 3.41. The Balaban J connectivity index is 2.71. The Kier molecular flexibility index (Phi) is 2.41. The highest BCUT2D eigenvalue weighted by Gasteiger charge is 2.50. The van der Waals surface area contributed by atoms with Crippen LogP contribution in [0.4, 0.5) is 22.0 Å². The van der Waals surface area contributed by atoms with Crippen LogP contribution < -0.4 is 0 Å². The monoisotopic (exact) mass is 238 g/mol. The summed E-state index contributed by atoms with van der Waals surface area (Å²) >= 11 is 0. The van der Waals surface area contributed by atoms with Crippen molar-refractivity contribution in [2.75, 3.05) is 7.11 Å². The molecule has 1 aliphatic carbocycles. The van der Waals surface area contributed by atoms with E-state index in [1.54, 1.807) is 0 Å². The maximum atomic E-state index is 13.3. The molecule has 88 valence electrons. The molecule has 0 saturated heterocycles. The summed E-state index contributed by atoms with van der Waals surface area (Å²) in [6.45, 7) is 0. The van der Waals surface area contributed by atoms with Crippen LogP contribution in [-0.2, 0) is 10.3 Å². The van der Waals surface area contributed by atoms with Gasteiger partial charge in [-0.2, -0.15) is 0 Å². The van der Waals surface area contributed by atoms with Crippen molar-refractivity contribution in [3.05, 3.63) is 34.6 Å². The van der Waals surface area contributed by atoms with Crippen LogP contribution in [0.1, 0.15) is 18.4 Å². The van der Waals surface area contributed by atoms with E-state index < -0.39 is 40.3 Å². The van der Waals surface area contributed by atoms with Gasteiger partial charge in [0.1, 0.15) is 0 Å². The zero-order chi connectivity index (χ0) is 12.1. The molecule has 0 unspecified atom stereocenters. The van der Waals surface area contributed by atoms with E-state index >= 15 is 0 Å². The van der Waals surface area contributed by atoms with Gasteiger partial charge >= 0.3 is 0 Å². The van der Waals surface area contributed by atoms with Gasteiger partial charge in [0.2, 0.25) is 5.82 Å². The molecule has 0 spiro atoms. The average Bonchev–Trinajstić information content (AvgIpc) is 3.05. The van der Waals surface area contributed by atoms with Gasteiger partial charge in [-0.15, -0.1) is 0 Å². The molecule has 16 heavy (non-hydrogen) atoms. The molecule has 0 amide bonds. The van der Waals surface area contributed by atoms with Crippen LogP contribution >= 0.6 is 0 Å². The second-order valence-corrected chi connectivity index (χ2v) is 3.64. The minimum absolute atomic E-state index is 0.238. The highest BCUT2D eigenvalue weighted by molar-refractivity contribution is 5.33. The molecule has 1 aromatic carbocycles. The summed E-state index contributed by atoms with van der Waals surface area (Å²) in [4.78, 5) is 0. The topological polar surface area (TPSA) is 9.23 Å². The Hall–Kier alpha value is -1.17. The van der Waals surface area contributed by atoms with Crippen LogP contribution in [0.5, 0.6) is 0 Å². The van der Waals surface area contributed by atoms with E-state index in [0.717, 1.165) is 0 Å². The number of ether oxygens (including phenoxy) is 1. The van der Waals surface area contributed by atoms with Gasteiger partial charge in [0, 0.05) is 7.11 Å². The predicted octanol–water partition coefficient (Wildman–Crippen LogP) is 3.02. The fourth-order valence-corrected chi connectivity index (χ4v) is 1.67. The third-order valence-electron chi connectivity index (χ3n) is 2.76. The molecule has 1 nitrogen and oxygen atoms in total. The number of halogens is 5. The van der Waals surface area contributed by atoms with Crippen molar-refractivity contribution in [1.29, 1.82) is 0 Å². The van der Waals surface area contributed by atoms with Gasteiger partial charge in [-0.05, 0) is 12.8 Å². The predicted molar refractivity (Wildman–Crippen MR) is 44.2 cm³/mol. The van der Waals surface area contributed by atoms with Gasteiger partial charge in [-0.1, -0.05) is 0 Å². The van der Waals surface area contributed by atoms with Crippen molar-refractivity contribution in [1.82, 2.24) is 0 Å². The van der Waals surface area contributed by atoms with Crippen LogP contribution in [0.3, 0.4) is 0 Å². The summed E-state index contributed by atoms with van der Waals surface area (Å²) < 4.78 is 70.0. The summed E-state index contributed by atoms with van der Waals surface area (Å²) in [7, 11) is 1.17. The van der Waals surface area contributed by atoms with Crippen molar-refractivity contribution in [3.8, 4) is 0 Å². The molecule has 0 atom stereocenters. The molecule has 0 N–H and O–H groups in total. The maximum absolute atomic E-state index is 13.3. The maximum Gasteiger partial charge on any atom is 0.200 e. The number of hydrogen-bond donors (Lipinski definition) is 0. The lowest BCUT2D eigenvalue weighted by atomic mass is 10.0. The van der Waals surface area contributed by atoms with Crippen LogP contribution in [-0.4, -0.2) is 7.11 Å². The Morgan fingerprint density at radius 3 is 1.50 bits per heavy atom. The van der Waals surface area contributed by atoms with E-state index in [2.05, 4.69) is 0 Å². The largest absolute Gasteiger partial charge is 0.373 e. The van der Waals surface area contributed by atoms with Crippen LogP contribution in [0.15, 0.2) is 0 Å². The standard InChI is InChI=1S/C10H7F5O/c1-16-10(2-3-10)4-5(11)7(13)9(15)8(14)6(4)12/h2-3H2,1H3. The summed E-state index contributed by atoms with van der Waals surface area (Å²) in [5.41, 5.74) is -2.23. The van der Waals surface area contributed by atoms with Gasteiger partial charge in [0.05, 0.1) is 11.2 Å². The van der Waals surface area contributed by atoms with Gasteiger partial charge in [-0.3, -0.25) is 0 Å². The van der Waals surface area contributed by atoms with Crippen LogP contribution in [0.25, 0.3) is 0 Å². The Morgan fingerprint density at radius 1 is 0.812 bits per heavy atom. The van der Waals surface area contributed by atoms with E-state index in [9.17, 15) is 22.0 Å². The van der Waals surface area contributed by atoms with Crippen molar-refractivity contribution in [2.24, 2.45) is 0 Å². The zero-order valence-corrected chi connectivity index (χ0v) is 8.21. The molecule has 0 radical (unpaired) electrons. The molecule has 1 fully saturated rings. The quantitative estimate of drug-likeness (QED) is 0.437. The fourth-order valence-electron chi connectivity index (χ4n) is 1.67. The van der Waals surface area contributed by atoms with Crippen molar-refractivity contribution < 1.29 is 26.7 Å². The van der Waals surface area contributed by atoms with Crippen molar-refractivity contribution in [2.45, 2.75) is 18.4 Å². The normalized spacial score (nSPS) is 17.6. The molecule has 0 heterocycles. The summed E-state index contributed by atoms with van der Waals surface area (Å²) in [6.07, 6.45) is 0.476. The molecule has 1 saturated carbocycles. The van der Waals surface area contributed by atoms with Gasteiger partial charge in [0.25, 0.3) is 0 Å². The van der Waals surface area contributed by atoms with Crippen LogP contribution in [0, 0.1) is 29.1 Å². The van der Waals surface area contributed by atoms with Gasteiger partial charge in [0.15, 0.2) is 23.3 Å². The number of benzene rings is 1. The minimum Gasteiger partial charge on any atom is -0.373 e. The highest BCUT2D eigenvalue weighted by Crippen LogP contribution is 2.51. The summed E-state index contributed by atoms with van der Waals surface area (Å²) in [5, 5.41) is 0. The van der Waals surface area contributed by atoms with Gasteiger partial charge in [-0.25, -0.2) is 22.0 Å². The molecular formula is C10H7F5O. The second-order valence-electron chi connectivity index (χ2n) is 3.64. The summed E-state index contributed by atoms with van der Waals surface area (Å²) in [5.74, 6) is -9.63. The third kappa shape index (κ3) is 1.32. The molecule has 6 heteroatoms. The third-order valence-corrected chi connectivity index (χ3v) is 2.76. The Morgan fingerprint density at radius 2 is 1.19 bits per heavy atom. The first-order valence-corrected chi connectivity index (χ1v) is 4.51. The Bertz CT molecular complexity index is 424. The Labute approximate surface area is 87.8 Å². The first-order valence-electron chi connectivity index (χ1n) is 4.51. The fraction of sp³-hybridized carbons (Fsp3) is 0.400. The molecule has 0 aromatic heterocycles. The first kappa shape index (κ1) is 11.3. The van der Waals surface area contributed by atoms with E-state index in [0.29, 0.717) is 0 Å². The SMILES string of the molecule is COC1(c2c(F)c(F)c(F)c(F)c2F)CC1.